The molecule has 98 valence electrons. The van der Waals surface area contributed by atoms with Gasteiger partial charge in [0.15, 0.2) is 6.29 Å². The maximum atomic E-state index is 11.2. The van der Waals surface area contributed by atoms with E-state index in [2.05, 4.69) is 27.6 Å². The molecule has 0 fully saturated rings. The Hall–Kier alpha value is -1.95. The molecule has 0 amide bonds. The Morgan fingerprint density at radius 1 is 1.05 bits per heavy atom. The number of hydrogen-bond donors (Lipinski definition) is 0. The van der Waals surface area contributed by atoms with Gasteiger partial charge >= 0.3 is 0 Å². The minimum absolute atomic E-state index is 0.336. The van der Waals surface area contributed by atoms with Gasteiger partial charge in [0.1, 0.15) is 5.75 Å². The lowest BCUT2D eigenvalue weighted by molar-refractivity contribution is 0.112. The average molecular weight is 375 g/mol. The van der Waals surface area contributed by atoms with Crippen LogP contribution in [0.2, 0.25) is 0 Å². The maximum absolute atomic E-state index is 11.2. The number of halogens is 1. The highest BCUT2D eigenvalue weighted by atomic mass is 127. The van der Waals surface area contributed by atoms with Crippen molar-refractivity contribution in [3.8, 4) is 11.6 Å². The molecular weight excluding hydrogens is 365 g/mol. The van der Waals surface area contributed by atoms with Gasteiger partial charge in [-0.3, -0.25) is 4.79 Å². The molecule has 3 nitrogen and oxygen atoms in total. The SMILES string of the molecule is O=Cc1cc2ccccc2nc1Oc1ccccc1I. The Morgan fingerprint density at radius 3 is 2.60 bits per heavy atom. The summed E-state index contributed by atoms with van der Waals surface area (Å²) >= 11 is 2.19. The van der Waals surface area contributed by atoms with Crippen LogP contribution in [0.4, 0.5) is 0 Å². The van der Waals surface area contributed by atoms with Gasteiger partial charge in [0.25, 0.3) is 0 Å². The Morgan fingerprint density at radius 2 is 1.80 bits per heavy atom. The summed E-state index contributed by atoms with van der Waals surface area (Å²) in [5.41, 5.74) is 1.25. The van der Waals surface area contributed by atoms with Crippen LogP contribution in [0.15, 0.2) is 54.6 Å². The molecule has 1 aromatic heterocycles. The van der Waals surface area contributed by atoms with Crippen LogP contribution in [-0.2, 0) is 0 Å². The van der Waals surface area contributed by atoms with E-state index in [9.17, 15) is 4.79 Å². The number of rotatable bonds is 3. The first-order chi connectivity index (χ1) is 9.78. The Balaban J connectivity index is 2.10. The molecule has 0 aliphatic rings. The van der Waals surface area contributed by atoms with E-state index in [4.69, 9.17) is 4.74 Å². The Kier molecular flexibility index (Phi) is 3.64. The van der Waals surface area contributed by atoms with Gasteiger partial charge in [-0.2, -0.15) is 0 Å². The average Bonchev–Trinajstić information content (AvgIpc) is 2.49. The van der Waals surface area contributed by atoms with Crippen molar-refractivity contribution in [3.05, 3.63) is 63.7 Å². The minimum Gasteiger partial charge on any atom is -0.437 e. The van der Waals surface area contributed by atoms with Crippen molar-refractivity contribution in [2.75, 3.05) is 0 Å². The zero-order valence-electron chi connectivity index (χ0n) is 10.4. The van der Waals surface area contributed by atoms with Gasteiger partial charge in [0.2, 0.25) is 5.88 Å². The molecule has 0 aliphatic carbocycles. The number of fused-ring (bicyclic) bond motifs is 1. The zero-order chi connectivity index (χ0) is 13.9. The standard InChI is InChI=1S/C16H10INO2/c17-13-6-2-4-8-15(13)20-16-12(10-19)9-11-5-1-3-7-14(11)18-16/h1-10H. The number of aromatic nitrogens is 1. The molecule has 0 saturated carbocycles. The van der Waals surface area contributed by atoms with Gasteiger partial charge in [-0.25, -0.2) is 4.98 Å². The van der Waals surface area contributed by atoms with Gasteiger partial charge in [0, 0.05) is 5.39 Å². The number of hydrogen-bond acceptors (Lipinski definition) is 3. The van der Waals surface area contributed by atoms with E-state index in [1.807, 2.05) is 48.5 Å². The van der Waals surface area contributed by atoms with E-state index >= 15 is 0 Å². The summed E-state index contributed by atoms with van der Waals surface area (Å²) < 4.78 is 6.76. The lowest BCUT2D eigenvalue weighted by Crippen LogP contribution is -1.96. The van der Waals surface area contributed by atoms with E-state index < -0.39 is 0 Å². The lowest BCUT2D eigenvalue weighted by Gasteiger charge is -2.09. The highest BCUT2D eigenvalue weighted by molar-refractivity contribution is 14.1. The molecular formula is C16H10INO2. The number of carbonyl (C=O) groups is 1. The lowest BCUT2D eigenvalue weighted by atomic mass is 10.1. The predicted molar refractivity (Wildman–Crippen MR) is 86.4 cm³/mol. The molecule has 1 heterocycles. The first kappa shape index (κ1) is 13.1. The molecule has 3 aromatic rings. The summed E-state index contributed by atoms with van der Waals surface area (Å²) in [7, 11) is 0. The number of benzene rings is 2. The molecule has 3 rings (SSSR count). The summed E-state index contributed by atoms with van der Waals surface area (Å²) in [6, 6.07) is 17.1. The molecule has 2 aromatic carbocycles. The number of para-hydroxylation sites is 2. The fourth-order valence-electron chi connectivity index (χ4n) is 1.91. The second kappa shape index (κ2) is 5.58. The normalized spacial score (nSPS) is 10.4. The van der Waals surface area contributed by atoms with Crippen LogP contribution in [0.1, 0.15) is 10.4 Å². The molecule has 0 N–H and O–H groups in total. The summed E-state index contributed by atoms with van der Waals surface area (Å²) in [5.74, 6) is 1.03. The summed E-state index contributed by atoms with van der Waals surface area (Å²) in [5, 5.41) is 0.921. The molecule has 4 heteroatoms. The molecule has 0 aliphatic heterocycles. The number of ether oxygens (including phenoxy) is 1. The van der Waals surface area contributed by atoms with E-state index in [0.717, 1.165) is 20.8 Å². The van der Waals surface area contributed by atoms with Crippen LogP contribution in [-0.4, -0.2) is 11.3 Å². The molecule has 0 radical (unpaired) electrons. The van der Waals surface area contributed by atoms with Crippen LogP contribution in [0.3, 0.4) is 0 Å². The first-order valence-electron chi connectivity index (χ1n) is 6.05. The van der Waals surface area contributed by atoms with Crippen LogP contribution < -0.4 is 4.74 Å². The van der Waals surface area contributed by atoms with Gasteiger partial charge < -0.3 is 4.74 Å². The van der Waals surface area contributed by atoms with Crippen molar-refractivity contribution in [1.29, 1.82) is 0 Å². The number of carbonyl (C=O) groups excluding carboxylic acids is 1. The Bertz CT molecular complexity index is 786. The van der Waals surface area contributed by atoms with Crippen LogP contribution in [0, 0.1) is 3.57 Å². The highest BCUT2D eigenvalue weighted by Crippen LogP contribution is 2.28. The van der Waals surface area contributed by atoms with Crippen molar-refractivity contribution in [3.63, 3.8) is 0 Å². The summed E-state index contributed by atoms with van der Waals surface area (Å²) in [6.45, 7) is 0. The quantitative estimate of drug-likeness (QED) is 0.502. The topological polar surface area (TPSA) is 39.2 Å². The number of pyridine rings is 1. The van der Waals surface area contributed by atoms with Crippen LogP contribution in [0.5, 0.6) is 11.6 Å². The zero-order valence-corrected chi connectivity index (χ0v) is 12.6. The minimum atomic E-state index is 0.336. The third kappa shape index (κ3) is 2.51. The fraction of sp³-hybridized carbons (Fsp3) is 0. The van der Waals surface area contributed by atoms with Crippen LogP contribution in [0.25, 0.3) is 10.9 Å². The van der Waals surface area contributed by atoms with Gasteiger partial charge in [-0.1, -0.05) is 30.3 Å². The van der Waals surface area contributed by atoms with Gasteiger partial charge in [-0.05, 0) is 46.9 Å². The third-order valence-corrected chi connectivity index (χ3v) is 3.78. The molecule has 0 atom stereocenters. The van der Waals surface area contributed by atoms with E-state index in [1.165, 1.54) is 0 Å². The smallest absolute Gasteiger partial charge is 0.230 e. The third-order valence-electron chi connectivity index (χ3n) is 2.89. The fourth-order valence-corrected chi connectivity index (χ4v) is 2.41. The highest BCUT2D eigenvalue weighted by Gasteiger charge is 2.10. The van der Waals surface area contributed by atoms with E-state index in [0.29, 0.717) is 17.2 Å². The summed E-state index contributed by atoms with van der Waals surface area (Å²) in [4.78, 5) is 15.6. The van der Waals surface area contributed by atoms with Crippen molar-refractivity contribution in [1.82, 2.24) is 4.98 Å². The molecule has 0 saturated heterocycles. The second-order valence-electron chi connectivity index (χ2n) is 4.23. The van der Waals surface area contributed by atoms with Crippen molar-refractivity contribution < 1.29 is 9.53 Å². The van der Waals surface area contributed by atoms with Crippen molar-refractivity contribution in [2.45, 2.75) is 0 Å². The second-order valence-corrected chi connectivity index (χ2v) is 5.39. The Labute approximate surface area is 129 Å². The van der Waals surface area contributed by atoms with E-state index in [-0.39, 0.29) is 0 Å². The largest absolute Gasteiger partial charge is 0.437 e. The van der Waals surface area contributed by atoms with Crippen LogP contribution >= 0.6 is 22.6 Å². The molecule has 0 spiro atoms. The molecule has 20 heavy (non-hydrogen) atoms. The number of aldehydes is 1. The van der Waals surface area contributed by atoms with Gasteiger partial charge in [0.05, 0.1) is 14.7 Å². The molecule has 0 bridgehead atoms. The first-order valence-corrected chi connectivity index (χ1v) is 7.13. The van der Waals surface area contributed by atoms with E-state index in [1.54, 1.807) is 6.07 Å². The maximum Gasteiger partial charge on any atom is 0.230 e. The predicted octanol–water partition coefficient (Wildman–Crippen LogP) is 4.44. The number of nitrogens with zero attached hydrogens (tertiary/aromatic N) is 1. The van der Waals surface area contributed by atoms with Crippen molar-refractivity contribution >= 4 is 39.8 Å². The molecule has 0 unspecified atom stereocenters. The summed E-state index contributed by atoms with van der Waals surface area (Å²) in [6.07, 6.45) is 0.768. The monoisotopic (exact) mass is 375 g/mol. The van der Waals surface area contributed by atoms with Crippen molar-refractivity contribution in [2.24, 2.45) is 0 Å². The van der Waals surface area contributed by atoms with Gasteiger partial charge in [-0.15, -0.1) is 0 Å².